The number of methoxy groups -OCH3 is 1. The zero-order valence-corrected chi connectivity index (χ0v) is 18.9. The first-order chi connectivity index (χ1) is 15.5. The summed E-state index contributed by atoms with van der Waals surface area (Å²) < 4.78 is 17.7. The minimum Gasteiger partial charge on any atom is -0.494 e. The number of aryl methyl sites for hydroxylation is 1. The Labute approximate surface area is 188 Å². The van der Waals surface area contributed by atoms with Crippen LogP contribution in [0.25, 0.3) is 0 Å². The molecule has 1 aliphatic rings. The molecule has 1 aromatic heterocycles. The zero-order chi connectivity index (χ0) is 22.9. The molecule has 1 aliphatic heterocycles. The highest BCUT2D eigenvalue weighted by Crippen LogP contribution is 2.19. The van der Waals surface area contributed by atoms with Crippen molar-refractivity contribution in [3.05, 3.63) is 36.0 Å². The van der Waals surface area contributed by atoms with Crippen LogP contribution in [0, 0.1) is 0 Å². The standard InChI is InChI=1S/C22H31N5O5/c1-4-31-17-5-7-18(8-6-17)32-16-20(28)23-9-10-26-11-13-27(14-12-26)22(29)19-15-25(2)24-21(19)30-3/h5-8,15H,4,9-14,16H2,1-3H3,(H,23,28). The summed E-state index contributed by atoms with van der Waals surface area (Å²) in [5.74, 6) is 1.49. The number of aromatic nitrogens is 2. The van der Waals surface area contributed by atoms with Gasteiger partial charge in [-0.3, -0.25) is 19.2 Å². The molecule has 0 spiro atoms. The molecule has 32 heavy (non-hydrogen) atoms. The highest BCUT2D eigenvalue weighted by molar-refractivity contribution is 5.96. The Bertz CT molecular complexity index is 891. The summed E-state index contributed by atoms with van der Waals surface area (Å²) in [6.45, 7) is 6.45. The molecule has 1 aromatic carbocycles. The van der Waals surface area contributed by atoms with Crippen LogP contribution in [0.3, 0.4) is 0 Å². The molecule has 10 nitrogen and oxygen atoms in total. The van der Waals surface area contributed by atoms with Crippen molar-refractivity contribution in [2.45, 2.75) is 6.92 Å². The van der Waals surface area contributed by atoms with Crippen molar-refractivity contribution in [2.75, 3.05) is 59.6 Å². The molecule has 0 aliphatic carbocycles. The van der Waals surface area contributed by atoms with Crippen LogP contribution in [0.5, 0.6) is 17.4 Å². The summed E-state index contributed by atoms with van der Waals surface area (Å²) in [6, 6.07) is 7.18. The van der Waals surface area contributed by atoms with Gasteiger partial charge in [-0.15, -0.1) is 5.10 Å². The number of benzene rings is 1. The second kappa shape index (κ2) is 11.4. The highest BCUT2D eigenvalue weighted by atomic mass is 16.5. The van der Waals surface area contributed by atoms with E-state index in [1.165, 1.54) is 7.11 Å². The fourth-order valence-corrected chi connectivity index (χ4v) is 3.46. The number of nitrogens with zero attached hydrogens (tertiary/aromatic N) is 4. The first kappa shape index (κ1) is 23.4. The minimum absolute atomic E-state index is 0.0385. The van der Waals surface area contributed by atoms with Crippen molar-refractivity contribution >= 4 is 11.8 Å². The lowest BCUT2D eigenvalue weighted by Crippen LogP contribution is -2.50. The predicted molar refractivity (Wildman–Crippen MR) is 118 cm³/mol. The molecule has 2 heterocycles. The molecule has 0 bridgehead atoms. The van der Waals surface area contributed by atoms with Crippen LogP contribution < -0.4 is 19.5 Å². The molecular weight excluding hydrogens is 414 g/mol. The molecule has 0 unspecified atom stereocenters. The first-order valence-corrected chi connectivity index (χ1v) is 10.7. The van der Waals surface area contributed by atoms with Crippen molar-refractivity contribution in [1.29, 1.82) is 0 Å². The molecule has 10 heteroatoms. The van der Waals surface area contributed by atoms with E-state index in [2.05, 4.69) is 15.3 Å². The average Bonchev–Trinajstić information content (AvgIpc) is 3.19. The monoisotopic (exact) mass is 445 g/mol. The maximum absolute atomic E-state index is 12.7. The lowest BCUT2D eigenvalue weighted by molar-refractivity contribution is -0.123. The average molecular weight is 446 g/mol. The zero-order valence-electron chi connectivity index (χ0n) is 18.9. The van der Waals surface area contributed by atoms with E-state index >= 15 is 0 Å². The van der Waals surface area contributed by atoms with Gasteiger partial charge in [0, 0.05) is 52.5 Å². The van der Waals surface area contributed by atoms with E-state index in [0.29, 0.717) is 50.0 Å². The Morgan fingerprint density at radius 3 is 2.34 bits per heavy atom. The number of hydrogen-bond acceptors (Lipinski definition) is 7. The van der Waals surface area contributed by atoms with Gasteiger partial charge in [-0.25, -0.2) is 0 Å². The molecule has 0 atom stereocenters. The minimum atomic E-state index is -0.170. The summed E-state index contributed by atoms with van der Waals surface area (Å²) in [5, 5.41) is 7.01. The molecule has 2 amide bonds. The van der Waals surface area contributed by atoms with Crippen LogP contribution >= 0.6 is 0 Å². The molecule has 1 saturated heterocycles. The van der Waals surface area contributed by atoms with Gasteiger partial charge in [-0.05, 0) is 31.2 Å². The van der Waals surface area contributed by atoms with E-state index in [-0.39, 0.29) is 18.4 Å². The third kappa shape index (κ3) is 6.36. The van der Waals surface area contributed by atoms with Gasteiger partial charge in [0.15, 0.2) is 6.61 Å². The highest BCUT2D eigenvalue weighted by Gasteiger charge is 2.26. The molecule has 0 saturated carbocycles. The molecule has 174 valence electrons. The van der Waals surface area contributed by atoms with Crippen molar-refractivity contribution < 1.29 is 23.8 Å². The number of rotatable bonds is 10. The largest absolute Gasteiger partial charge is 0.494 e. The quantitative estimate of drug-likeness (QED) is 0.577. The van der Waals surface area contributed by atoms with Gasteiger partial charge in [0.1, 0.15) is 17.1 Å². The topological polar surface area (TPSA) is 98.2 Å². The van der Waals surface area contributed by atoms with E-state index in [0.717, 1.165) is 18.8 Å². The Hall–Kier alpha value is -3.27. The van der Waals surface area contributed by atoms with Gasteiger partial charge in [0.2, 0.25) is 5.88 Å². The molecule has 3 rings (SSSR count). The fraction of sp³-hybridized carbons (Fsp3) is 0.500. The van der Waals surface area contributed by atoms with Crippen LogP contribution in [0.4, 0.5) is 0 Å². The number of carbonyl (C=O) groups excluding carboxylic acids is 2. The molecule has 0 radical (unpaired) electrons. The van der Waals surface area contributed by atoms with Crippen molar-refractivity contribution in [2.24, 2.45) is 7.05 Å². The number of ether oxygens (including phenoxy) is 3. The van der Waals surface area contributed by atoms with Crippen LogP contribution in [-0.4, -0.2) is 91.0 Å². The predicted octanol–water partition coefficient (Wildman–Crippen LogP) is 0.780. The number of nitrogens with one attached hydrogen (secondary N) is 1. The summed E-state index contributed by atoms with van der Waals surface area (Å²) in [6.07, 6.45) is 1.68. The summed E-state index contributed by atoms with van der Waals surface area (Å²) >= 11 is 0. The molecule has 2 aromatic rings. The SMILES string of the molecule is CCOc1ccc(OCC(=O)NCCN2CCN(C(=O)c3cn(C)nc3OC)CC2)cc1. The Morgan fingerprint density at radius 1 is 1.06 bits per heavy atom. The molecule has 1 N–H and O–H groups in total. The van der Waals surface area contributed by atoms with Crippen LogP contribution in [0.1, 0.15) is 17.3 Å². The second-order valence-electron chi connectivity index (χ2n) is 7.40. The van der Waals surface area contributed by atoms with E-state index in [4.69, 9.17) is 14.2 Å². The van der Waals surface area contributed by atoms with Gasteiger partial charge in [-0.1, -0.05) is 0 Å². The lowest BCUT2D eigenvalue weighted by atomic mass is 10.2. The molecular formula is C22H31N5O5. The van der Waals surface area contributed by atoms with Crippen LogP contribution in [0.15, 0.2) is 30.5 Å². The normalized spacial score (nSPS) is 14.2. The second-order valence-corrected chi connectivity index (χ2v) is 7.40. The molecule has 1 fully saturated rings. The Balaban J connectivity index is 1.33. The summed E-state index contributed by atoms with van der Waals surface area (Å²) in [7, 11) is 3.27. The van der Waals surface area contributed by atoms with Gasteiger partial charge in [-0.2, -0.15) is 0 Å². The van der Waals surface area contributed by atoms with Gasteiger partial charge in [0.05, 0.1) is 13.7 Å². The van der Waals surface area contributed by atoms with Gasteiger partial charge in [0.25, 0.3) is 11.8 Å². The van der Waals surface area contributed by atoms with Crippen LogP contribution in [-0.2, 0) is 11.8 Å². The maximum atomic E-state index is 12.7. The third-order valence-corrected chi connectivity index (χ3v) is 5.13. The maximum Gasteiger partial charge on any atom is 0.261 e. The third-order valence-electron chi connectivity index (χ3n) is 5.13. The van der Waals surface area contributed by atoms with Gasteiger partial charge >= 0.3 is 0 Å². The van der Waals surface area contributed by atoms with E-state index < -0.39 is 0 Å². The first-order valence-electron chi connectivity index (χ1n) is 10.7. The van der Waals surface area contributed by atoms with Crippen molar-refractivity contribution in [3.8, 4) is 17.4 Å². The van der Waals surface area contributed by atoms with Gasteiger partial charge < -0.3 is 24.4 Å². The summed E-state index contributed by atoms with van der Waals surface area (Å²) in [4.78, 5) is 28.8. The fourth-order valence-electron chi connectivity index (χ4n) is 3.46. The number of carbonyl (C=O) groups is 2. The lowest BCUT2D eigenvalue weighted by Gasteiger charge is -2.34. The van der Waals surface area contributed by atoms with E-state index in [9.17, 15) is 9.59 Å². The Morgan fingerprint density at radius 2 is 1.72 bits per heavy atom. The van der Waals surface area contributed by atoms with Crippen LogP contribution in [0.2, 0.25) is 0 Å². The smallest absolute Gasteiger partial charge is 0.261 e. The van der Waals surface area contributed by atoms with Crippen molar-refractivity contribution in [3.63, 3.8) is 0 Å². The van der Waals surface area contributed by atoms with E-state index in [1.54, 1.807) is 35.0 Å². The van der Waals surface area contributed by atoms with Crippen molar-refractivity contribution in [1.82, 2.24) is 24.9 Å². The van der Waals surface area contributed by atoms with E-state index in [1.807, 2.05) is 19.1 Å². The number of amides is 2. The number of piperazine rings is 1. The Kier molecular flexibility index (Phi) is 8.32. The number of hydrogen-bond donors (Lipinski definition) is 1. The summed E-state index contributed by atoms with van der Waals surface area (Å²) in [5.41, 5.74) is 0.475.